The summed E-state index contributed by atoms with van der Waals surface area (Å²) < 4.78 is 55.8. The summed E-state index contributed by atoms with van der Waals surface area (Å²) in [6.45, 7) is 0.173. The Balaban J connectivity index is 2.36. The van der Waals surface area contributed by atoms with Crippen LogP contribution in [-0.4, -0.2) is 37.0 Å². The number of fused-ring (bicyclic) bond motifs is 1. The van der Waals surface area contributed by atoms with E-state index in [4.69, 9.17) is 26.1 Å². The average molecular weight is 404 g/mol. The predicted molar refractivity (Wildman–Crippen MR) is 85.2 cm³/mol. The lowest BCUT2D eigenvalue weighted by Gasteiger charge is -2.05. The zero-order valence-corrected chi connectivity index (χ0v) is 14.7. The molecule has 0 saturated carbocycles. The second kappa shape index (κ2) is 7.02. The Morgan fingerprint density at radius 2 is 2.04 bits per heavy atom. The van der Waals surface area contributed by atoms with Crippen LogP contribution in [0.3, 0.4) is 0 Å². The fourth-order valence-electron chi connectivity index (χ4n) is 1.66. The quantitative estimate of drug-likeness (QED) is 0.482. The Bertz CT molecular complexity index is 865. The molecule has 0 fully saturated rings. The fraction of sp³-hybridized carbons (Fsp3) is 0.273. The van der Waals surface area contributed by atoms with Crippen molar-refractivity contribution in [3.8, 4) is 5.75 Å². The van der Waals surface area contributed by atoms with Crippen LogP contribution in [0.25, 0.3) is 10.1 Å². The average Bonchev–Trinajstić information content (AvgIpc) is 2.88. The smallest absolute Gasteiger partial charge is 0.340 e. The Kier molecular flexibility index (Phi) is 5.68. The third kappa shape index (κ3) is 4.87. The van der Waals surface area contributed by atoms with Gasteiger partial charge in [0.1, 0.15) is 28.7 Å². The minimum atomic E-state index is -4.54. The number of benzene rings is 1. The first-order valence-corrected chi connectivity index (χ1v) is 10.7. The van der Waals surface area contributed by atoms with Gasteiger partial charge in [-0.3, -0.25) is 4.57 Å². The number of nitrogens with one attached hydrogen (secondary N) is 1. The summed E-state index contributed by atoms with van der Waals surface area (Å²) in [4.78, 5) is 17.5. The van der Waals surface area contributed by atoms with Gasteiger partial charge in [-0.2, -0.15) is 4.72 Å². The lowest BCUT2D eigenvalue weighted by atomic mass is 10.2. The van der Waals surface area contributed by atoms with Gasteiger partial charge in [-0.25, -0.2) is 12.8 Å². The maximum Gasteiger partial charge on any atom is 0.340 e. The van der Waals surface area contributed by atoms with E-state index in [1.54, 1.807) is 4.72 Å². The van der Waals surface area contributed by atoms with Crippen molar-refractivity contribution in [2.45, 2.75) is 4.21 Å². The van der Waals surface area contributed by atoms with Crippen molar-refractivity contribution in [1.82, 2.24) is 4.72 Å². The molecule has 128 valence electrons. The molecule has 1 aromatic heterocycles. The van der Waals surface area contributed by atoms with Crippen molar-refractivity contribution < 1.29 is 31.9 Å². The van der Waals surface area contributed by atoms with Crippen LogP contribution in [0.15, 0.2) is 22.4 Å². The highest BCUT2D eigenvalue weighted by molar-refractivity contribution is 7.92. The van der Waals surface area contributed by atoms with Crippen molar-refractivity contribution >= 4 is 50.6 Å². The molecule has 3 N–H and O–H groups in total. The van der Waals surface area contributed by atoms with E-state index in [1.165, 1.54) is 6.07 Å². The molecule has 0 spiro atoms. The van der Waals surface area contributed by atoms with Crippen LogP contribution in [0.5, 0.6) is 5.75 Å². The topological polar surface area (TPSA) is 113 Å². The van der Waals surface area contributed by atoms with E-state index in [-0.39, 0.29) is 27.8 Å². The van der Waals surface area contributed by atoms with Crippen molar-refractivity contribution in [3.05, 3.63) is 24.0 Å². The van der Waals surface area contributed by atoms with Gasteiger partial charge in [-0.05, 0) is 12.1 Å². The molecule has 2 aromatic rings. The number of hydrogen-bond donors (Lipinski definition) is 3. The molecule has 0 radical (unpaired) electrons. The van der Waals surface area contributed by atoms with Crippen LogP contribution in [0.1, 0.15) is 0 Å². The molecule has 0 unspecified atom stereocenters. The maximum absolute atomic E-state index is 14.0. The normalized spacial score (nSPS) is 12.7. The van der Waals surface area contributed by atoms with E-state index in [9.17, 15) is 17.4 Å². The molecular weight excluding hydrogens is 392 g/mol. The van der Waals surface area contributed by atoms with Gasteiger partial charge in [0.2, 0.25) is 0 Å². The summed E-state index contributed by atoms with van der Waals surface area (Å²) in [5, 5.41) is 0.0739. The van der Waals surface area contributed by atoms with E-state index in [2.05, 4.69) is 0 Å². The molecule has 7 nitrogen and oxygen atoms in total. The van der Waals surface area contributed by atoms with Gasteiger partial charge < -0.3 is 14.5 Å². The molecule has 0 amide bonds. The van der Waals surface area contributed by atoms with Crippen LogP contribution in [0.4, 0.5) is 4.39 Å². The summed E-state index contributed by atoms with van der Waals surface area (Å²) in [7, 11) is -8.69. The fourth-order valence-corrected chi connectivity index (χ4v) is 5.23. The number of halogens is 2. The standard InChI is InChI=1S/C11H12ClFNO6PS2/c12-1-2-20-7-3-9(13)8-5-11(22-10(8)4-7)23(18,19)14-6-21(15,16)17/h3-5,14H,1-2,6H2,(H2,15,16,17). The number of thiophene rings is 1. The summed E-state index contributed by atoms with van der Waals surface area (Å²) in [5.41, 5.74) is 0. The largest absolute Gasteiger partial charge is 0.492 e. The molecule has 1 heterocycles. The van der Waals surface area contributed by atoms with Gasteiger partial charge in [-0.15, -0.1) is 22.9 Å². The molecular formula is C11H12ClFNO6PS2. The van der Waals surface area contributed by atoms with Gasteiger partial charge in [0.15, 0.2) is 0 Å². The van der Waals surface area contributed by atoms with Gasteiger partial charge in [0, 0.05) is 16.2 Å². The number of ether oxygens (including phenoxy) is 1. The van der Waals surface area contributed by atoms with Crippen molar-refractivity contribution in [3.63, 3.8) is 0 Å². The third-order valence-corrected chi connectivity index (χ3v) is 6.50. The third-order valence-electron chi connectivity index (χ3n) is 2.61. The second-order valence-corrected chi connectivity index (χ2v) is 9.49. The Morgan fingerprint density at radius 1 is 1.35 bits per heavy atom. The number of rotatable bonds is 7. The molecule has 23 heavy (non-hydrogen) atoms. The second-order valence-electron chi connectivity index (χ2n) is 4.39. The van der Waals surface area contributed by atoms with Gasteiger partial charge in [-0.1, -0.05) is 0 Å². The highest BCUT2D eigenvalue weighted by atomic mass is 35.5. The lowest BCUT2D eigenvalue weighted by Crippen LogP contribution is -2.23. The number of sulfonamides is 1. The lowest BCUT2D eigenvalue weighted by molar-refractivity contribution is 0.341. The molecule has 2 rings (SSSR count). The molecule has 0 aliphatic carbocycles. The molecule has 12 heteroatoms. The van der Waals surface area contributed by atoms with Gasteiger partial charge in [0.25, 0.3) is 10.0 Å². The number of hydrogen-bond acceptors (Lipinski definition) is 5. The van der Waals surface area contributed by atoms with E-state index < -0.39 is 29.7 Å². The van der Waals surface area contributed by atoms with E-state index >= 15 is 0 Å². The Morgan fingerprint density at radius 3 is 2.65 bits per heavy atom. The van der Waals surface area contributed by atoms with Gasteiger partial charge in [0.05, 0.1) is 5.88 Å². The van der Waals surface area contributed by atoms with E-state index in [0.717, 1.165) is 23.5 Å². The zero-order valence-electron chi connectivity index (χ0n) is 11.4. The highest BCUT2D eigenvalue weighted by Crippen LogP contribution is 2.36. The summed E-state index contributed by atoms with van der Waals surface area (Å²) in [6.07, 6.45) is -1.03. The van der Waals surface area contributed by atoms with Crippen LogP contribution >= 0.6 is 30.5 Å². The minimum Gasteiger partial charge on any atom is -0.492 e. The minimum absolute atomic E-state index is 0.0739. The summed E-state index contributed by atoms with van der Waals surface area (Å²) >= 11 is 6.24. The monoisotopic (exact) mass is 403 g/mol. The van der Waals surface area contributed by atoms with Crippen LogP contribution in [-0.2, 0) is 14.6 Å². The first-order chi connectivity index (χ1) is 10.6. The zero-order chi connectivity index (χ0) is 17.3. The predicted octanol–water partition coefficient (Wildman–Crippen LogP) is 2.07. The SMILES string of the molecule is O=P(O)(O)CNS(=O)(=O)c1cc2c(F)cc(OCCCl)cc2s1. The van der Waals surface area contributed by atoms with Crippen LogP contribution in [0.2, 0.25) is 0 Å². The molecule has 0 bridgehead atoms. The maximum atomic E-state index is 14.0. The first kappa shape index (κ1) is 18.6. The Labute approximate surface area is 140 Å². The van der Waals surface area contributed by atoms with E-state index in [0.29, 0.717) is 4.70 Å². The van der Waals surface area contributed by atoms with Crippen LogP contribution < -0.4 is 9.46 Å². The van der Waals surface area contributed by atoms with Crippen molar-refractivity contribution in [1.29, 1.82) is 0 Å². The highest BCUT2D eigenvalue weighted by Gasteiger charge is 2.23. The van der Waals surface area contributed by atoms with Gasteiger partial charge >= 0.3 is 7.60 Å². The van der Waals surface area contributed by atoms with E-state index in [1.807, 2.05) is 0 Å². The number of alkyl halides is 1. The van der Waals surface area contributed by atoms with Crippen molar-refractivity contribution in [2.24, 2.45) is 0 Å². The molecule has 0 aliphatic heterocycles. The Hall–Kier alpha value is -0.740. The van der Waals surface area contributed by atoms with Crippen molar-refractivity contribution in [2.75, 3.05) is 18.8 Å². The summed E-state index contributed by atoms with van der Waals surface area (Å²) in [6, 6.07) is 3.68. The first-order valence-electron chi connectivity index (χ1n) is 6.08. The molecule has 0 atom stereocenters. The molecule has 1 aromatic carbocycles. The van der Waals surface area contributed by atoms with Crippen LogP contribution in [0, 0.1) is 5.82 Å². The molecule has 0 aliphatic rings. The summed E-state index contributed by atoms with van der Waals surface area (Å²) in [5.74, 6) is -0.236. The molecule has 0 saturated heterocycles.